The van der Waals surface area contributed by atoms with Gasteiger partial charge >= 0.3 is 0 Å². The topological polar surface area (TPSA) is 29.3 Å². The first-order valence-corrected chi connectivity index (χ1v) is 7.21. The van der Waals surface area contributed by atoms with E-state index in [2.05, 4.69) is 50.2 Å². The van der Waals surface area contributed by atoms with E-state index >= 15 is 0 Å². The summed E-state index contributed by atoms with van der Waals surface area (Å²) >= 11 is 1.82. The fraction of sp³-hybridized carbons (Fsp3) is 0.714. The van der Waals surface area contributed by atoms with Crippen LogP contribution in [0.5, 0.6) is 0 Å². The fourth-order valence-corrected chi connectivity index (χ4v) is 2.81. The first-order valence-electron chi connectivity index (χ1n) is 6.33. The molecule has 2 N–H and O–H groups in total. The van der Waals surface area contributed by atoms with E-state index in [1.165, 1.54) is 4.88 Å². The zero-order valence-electron chi connectivity index (χ0n) is 11.6. The highest BCUT2D eigenvalue weighted by Gasteiger charge is 2.15. The van der Waals surface area contributed by atoms with Gasteiger partial charge in [0.15, 0.2) is 0 Å². The van der Waals surface area contributed by atoms with Gasteiger partial charge in [-0.05, 0) is 43.3 Å². The van der Waals surface area contributed by atoms with Crippen molar-refractivity contribution in [2.75, 3.05) is 13.6 Å². The molecule has 1 aromatic rings. The smallest absolute Gasteiger partial charge is 0.0324 e. The number of thiophene rings is 1. The Morgan fingerprint density at radius 1 is 1.41 bits per heavy atom. The Bertz CT molecular complexity index is 301. The Hall–Kier alpha value is -0.380. The molecule has 1 aromatic heterocycles. The van der Waals surface area contributed by atoms with Crippen LogP contribution in [0.3, 0.4) is 0 Å². The lowest BCUT2D eigenvalue weighted by molar-refractivity contribution is 0.279. The Morgan fingerprint density at radius 3 is 2.65 bits per heavy atom. The highest BCUT2D eigenvalue weighted by Crippen LogP contribution is 2.21. The molecule has 3 heteroatoms. The molecule has 98 valence electrons. The van der Waals surface area contributed by atoms with Crippen molar-refractivity contribution in [1.29, 1.82) is 0 Å². The molecule has 2 nitrogen and oxygen atoms in total. The van der Waals surface area contributed by atoms with Crippen molar-refractivity contribution < 1.29 is 0 Å². The summed E-state index contributed by atoms with van der Waals surface area (Å²) in [5, 5.41) is 2.13. The van der Waals surface area contributed by atoms with E-state index in [4.69, 9.17) is 5.73 Å². The maximum absolute atomic E-state index is 6.16. The van der Waals surface area contributed by atoms with E-state index in [0.29, 0.717) is 11.5 Å². The molecule has 0 saturated carbocycles. The zero-order valence-corrected chi connectivity index (χ0v) is 12.4. The molecule has 0 aromatic carbocycles. The van der Waals surface area contributed by atoms with Crippen LogP contribution in [0.1, 0.15) is 38.5 Å². The van der Waals surface area contributed by atoms with Crippen LogP contribution < -0.4 is 5.73 Å². The van der Waals surface area contributed by atoms with E-state index in [-0.39, 0.29) is 0 Å². The molecule has 1 atom stereocenters. The molecule has 0 bridgehead atoms. The van der Waals surface area contributed by atoms with E-state index in [1.54, 1.807) is 0 Å². The molecule has 0 fully saturated rings. The number of nitrogens with two attached hydrogens (primary N) is 1. The summed E-state index contributed by atoms with van der Waals surface area (Å²) in [5.41, 5.74) is 6.50. The highest BCUT2D eigenvalue weighted by atomic mass is 32.1. The van der Waals surface area contributed by atoms with Crippen LogP contribution in [0.15, 0.2) is 17.5 Å². The maximum atomic E-state index is 6.16. The standard InChI is InChI=1S/C14H26N2S/c1-14(2,3)10-12(15)7-8-16(4)11-13-6-5-9-17-13/h5-6,9,12H,7-8,10-11,15H2,1-4H3. The van der Waals surface area contributed by atoms with Gasteiger partial charge in [-0.2, -0.15) is 0 Å². The second kappa shape index (κ2) is 6.53. The van der Waals surface area contributed by atoms with Crippen LogP contribution in [0.2, 0.25) is 0 Å². The maximum Gasteiger partial charge on any atom is 0.0324 e. The van der Waals surface area contributed by atoms with Crippen LogP contribution in [-0.4, -0.2) is 24.5 Å². The molecule has 0 spiro atoms. The van der Waals surface area contributed by atoms with Crippen LogP contribution in [0, 0.1) is 5.41 Å². The summed E-state index contributed by atoms with van der Waals surface area (Å²) in [4.78, 5) is 3.78. The monoisotopic (exact) mass is 254 g/mol. The van der Waals surface area contributed by atoms with Gasteiger partial charge in [-0.3, -0.25) is 0 Å². The lowest BCUT2D eigenvalue weighted by Crippen LogP contribution is -2.31. The summed E-state index contributed by atoms with van der Waals surface area (Å²) in [5.74, 6) is 0. The molecule has 0 aliphatic rings. The average molecular weight is 254 g/mol. The van der Waals surface area contributed by atoms with Gasteiger partial charge in [0.05, 0.1) is 0 Å². The molecule has 0 amide bonds. The van der Waals surface area contributed by atoms with Gasteiger partial charge in [0.25, 0.3) is 0 Å². The van der Waals surface area contributed by atoms with Crippen molar-refractivity contribution >= 4 is 11.3 Å². The van der Waals surface area contributed by atoms with E-state index in [0.717, 1.165) is 25.9 Å². The molecule has 1 heterocycles. The van der Waals surface area contributed by atoms with E-state index in [1.807, 2.05) is 11.3 Å². The molecule has 1 unspecified atom stereocenters. The fourth-order valence-electron chi connectivity index (χ4n) is 2.02. The molecule has 0 saturated heterocycles. The number of hydrogen-bond donors (Lipinski definition) is 1. The Labute approximate surface area is 110 Å². The first-order chi connectivity index (χ1) is 7.87. The molecule has 0 radical (unpaired) electrons. The van der Waals surface area contributed by atoms with E-state index in [9.17, 15) is 0 Å². The van der Waals surface area contributed by atoms with Gasteiger partial charge in [0.2, 0.25) is 0 Å². The normalized spacial score (nSPS) is 14.2. The van der Waals surface area contributed by atoms with Crippen LogP contribution in [0.4, 0.5) is 0 Å². The summed E-state index contributed by atoms with van der Waals surface area (Å²) in [6.07, 6.45) is 2.18. The van der Waals surface area contributed by atoms with Crippen molar-refractivity contribution in [1.82, 2.24) is 4.90 Å². The molecular formula is C14H26N2S. The summed E-state index contributed by atoms with van der Waals surface area (Å²) in [7, 11) is 2.17. The Balaban J connectivity index is 2.21. The molecule has 17 heavy (non-hydrogen) atoms. The van der Waals surface area contributed by atoms with Gasteiger partial charge in [-0.25, -0.2) is 0 Å². The van der Waals surface area contributed by atoms with Gasteiger partial charge in [-0.15, -0.1) is 11.3 Å². The third-order valence-corrected chi connectivity index (χ3v) is 3.62. The SMILES string of the molecule is CN(CCC(N)CC(C)(C)C)Cc1cccs1. The first kappa shape index (κ1) is 14.7. The third-order valence-electron chi connectivity index (χ3n) is 2.76. The molecule has 0 aliphatic carbocycles. The lowest BCUT2D eigenvalue weighted by Gasteiger charge is -2.25. The van der Waals surface area contributed by atoms with Gasteiger partial charge in [0.1, 0.15) is 0 Å². The highest BCUT2D eigenvalue weighted by molar-refractivity contribution is 7.09. The van der Waals surface area contributed by atoms with Crippen molar-refractivity contribution in [3.63, 3.8) is 0 Å². The number of hydrogen-bond acceptors (Lipinski definition) is 3. The minimum Gasteiger partial charge on any atom is -0.328 e. The second-order valence-electron chi connectivity index (χ2n) is 6.13. The van der Waals surface area contributed by atoms with Crippen molar-refractivity contribution in [3.8, 4) is 0 Å². The number of nitrogens with zero attached hydrogens (tertiary/aromatic N) is 1. The van der Waals surface area contributed by atoms with Crippen LogP contribution >= 0.6 is 11.3 Å². The quantitative estimate of drug-likeness (QED) is 0.843. The molecular weight excluding hydrogens is 228 g/mol. The predicted octanol–water partition coefficient (Wildman–Crippen LogP) is 3.33. The van der Waals surface area contributed by atoms with Gasteiger partial charge < -0.3 is 10.6 Å². The molecule has 0 aliphatic heterocycles. The average Bonchev–Trinajstić information content (AvgIpc) is 2.64. The summed E-state index contributed by atoms with van der Waals surface area (Å²) in [6.45, 7) is 8.88. The summed E-state index contributed by atoms with van der Waals surface area (Å²) in [6, 6.07) is 4.62. The van der Waals surface area contributed by atoms with Gasteiger partial charge in [0, 0.05) is 17.5 Å². The van der Waals surface area contributed by atoms with Gasteiger partial charge in [-0.1, -0.05) is 26.8 Å². The van der Waals surface area contributed by atoms with Crippen molar-refractivity contribution in [3.05, 3.63) is 22.4 Å². The molecule has 1 rings (SSSR count). The predicted molar refractivity (Wildman–Crippen MR) is 77.3 cm³/mol. The second-order valence-corrected chi connectivity index (χ2v) is 7.16. The minimum absolute atomic E-state index is 0.320. The van der Waals surface area contributed by atoms with Crippen molar-refractivity contribution in [2.45, 2.75) is 46.2 Å². The van der Waals surface area contributed by atoms with E-state index < -0.39 is 0 Å². The largest absolute Gasteiger partial charge is 0.328 e. The van der Waals surface area contributed by atoms with Crippen LogP contribution in [-0.2, 0) is 6.54 Å². The number of rotatable bonds is 6. The Kier molecular flexibility index (Phi) is 5.63. The van der Waals surface area contributed by atoms with Crippen LogP contribution in [0.25, 0.3) is 0 Å². The lowest BCUT2D eigenvalue weighted by atomic mass is 9.87. The minimum atomic E-state index is 0.320. The summed E-state index contributed by atoms with van der Waals surface area (Å²) < 4.78 is 0. The third kappa shape index (κ3) is 6.81. The zero-order chi connectivity index (χ0) is 12.9. The van der Waals surface area contributed by atoms with Crippen molar-refractivity contribution in [2.24, 2.45) is 11.1 Å². The Morgan fingerprint density at radius 2 is 2.12 bits per heavy atom.